The van der Waals surface area contributed by atoms with E-state index in [9.17, 15) is 0 Å². The fourth-order valence-electron chi connectivity index (χ4n) is 1.58. The van der Waals surface area contributed by atoms with Gasteiger partial charge in [-0.1, -0.05) is 35.5 Å². The summed E-state index contributed by atoms with van der Waals surface area (Å²) < 4.78 is 0. The molecule has 0 aliphatic carbocycles. The van der Waals surface area contributed by atoms with Crippen LogP contribution < -0.4 is 10.2 Å². The average molecular weight is 237 g/mol. The second kappa shape index (κ2) is 5.59. The van der Waals surface area contributed by atoms with Crippen LogP contribution in [0.5, 0.6) is 0 Å². The van der Waals surface area contributed by atoms with Crippen LogP contribution in [-0.4, -0.2) is 53.5 Å². The van der Waals surface area contributed by atoms with Gasteiger partial charge in [0, 0.05) is 0 Å². The first-order valence-corrected chi connectivity index (χ1v) is 7.02. The number of benzene rings is 1. The van der Waals surface area contributed by atoms with Crippen molar-refractivity contribution in [2.24, 2.45) is 0 Å². The zero-order valence-corrected chi connectivity index (χ0v) is 12.4. The lowest BCUT2D eigenvalue weighted by molar-refractivity contribution is 0.0103. The Morgan fingerprint density at radius 3 is 1.94 bits per heavy atom. The third-order valence-corrected chi connectivity index (χ3v) is 4.94. The molecule has 0 bridgehead atoms. The molecule has 16 heavy (non-hydrogen) atoms. The van der Waals surface area contributed by atoms with E-state index in [0.29, 0.717) is 0 Å². The summed E-state index contributed by atoms with van der Waals surface area (Å²) in [6.07, 6.45) is 0. The van der Waals surface area contributed by atoms with E-state index in [0.717, 1.165) is 0 Å². The number of hydrogen-bond acceptors (Lipinski definition) is 3. The molecule has 1 aromatic carbocycles. The van der Waals surface area contributed by atoms with E-state index in [1.54, 1.807) is 0 Å². The molecule has 0 unspecified atom stereocenters. The highest BCUT2D eigenvalue weighted by atomic mass is 28.2. The van der Waals surface area contributed by atoms with E-state index in [-0.39, 0.29) is 5.79 Å². The van der Waals surface area contributed by atoms with Crippen LogP contribution in [0.15, 0.2) is 30.3 Å². The van der Waals surface area contributed by atoms with Gasteiger partial charge in [-0.05, 0) is 35.1 Å². The molecule has 90 valence electrons. The lowest BCUT2D eigenvalue weighted by atomic mass is 10.3. The molecule has 4 heteroatoms. The van der Waals surface area contributed by atoms with Crippen LogP contribution in [-0.2, 0) is 0 Å². The average Bonchev–Trinajstić information content (AvgIpc) is 2.26. The number of nitrogens with one attached hydrogen (secondary N) is 1. The van der Waals surface area contributed by atoms with Gasteiger partial charge in [0.1, 0.15) is 15.5 Å². The van der Waals surface area contributed by atoms with Crippen LogP contribution in [0.3, 0.4) is 0 Å². The van der Waals surface area contributed by atoms with Gasteiger partial charge in [0.25, 0.3) is 0 Å². The molecule has 0 aliphatic heterocycles. The van der Waals surface area contributed by atoms with Gasteiger partial charge in [-0.15, -0.1) is 0 Å². The predicted molar refractivity (Wildman–Crippen MR) is 73.5 cm³/mol. The third kappa shape index (κ3) is 3.15. The van der Waals surface area contributed by atoms with Gasteiger partial charge in [0.15, 0.2) is 0 Å². The molecule has 0 radical (unpaired) electrons. The minimum Gasteiger partial charge on any atom is -0.309 e. The highest BCUT2D eigenvalue weighted by Gasteiger charge is 2.28. The molecule has 1 N–H and O–H groups in total. The summed E-state index contributed by atoms with van der Waals surface area (Å²) in [7, 11) is 7.98. The molecule has 0 saturated heterocycles. The first-order chi connectivity index (χ1) is 7.47. The molecular formula is C12H23N3Si. The van der Waals surface area contributed by atoms with E-state index in [1.165, 1.54) is 5.19 Å². The van der Waals surface area contributed by atoms with Crippen LogP contribution in [0.25, 0.3) is 0 Å². The van der Waals surface area contributed by atoms with Crippen molar-refractivity contribution in [3.63, 3.8) is 0 Å². The number of hydrogen-bond donors (Lipinski definition) is 1. The van der Waals surface area contributed by atoms with E-state index < -0.39 is 9.68 Å². The molecule has 1 rings (SSSR count). The third-order valence-electron chi connectivity index (χ3n) is 3.21. The zero-order valence-electron chi connectivity index (χ0n) is 11.0. The van der Waals surface area contributed by atoms with Crippen molar-refractivity contribution in [1.29, 1.82) is 0 Å². The SMILES string of the molecule is CN(C)C(C)(N[SiH2]c1ccccc1)N(C)C. The number of nitrogens with zero attached hydrogens (tertiary/aromatic N) is 2. The van der Waals surface area contributed by atoms with Crippen molar-refractivity contribution < 1.29 is 0 Å². The summed E-state index contributed by atoms with van der Waals surface area (Å²) in [5.74, 6) is -0.0674. The van der Waals surface area contributed by atoms with Crippen molar-refractivity contribution in [3.05, 3.63) is 30.3 Å². The molecule has 0 heterocycles. The Morgan fingerprint density at radius 2 is 1.50 bits per heavy atom. The van der Waals surface area contributed by atoms with E-state index in [2.05, 4.69) is 80.2 Å². The summed E-state index contributed by atoms with van der Waals surface area (Å²) >= 11 is 0. The fraction of sp³-hybridized carbons (Fsp3) is 0.500. The van der Waals surface area contributed by atoms with E-state index >= 15 is 0 Å². The first-order valence-electron chi connectivity index (χ1n) is 5.60. The van der Waals surface area contributed by atoms with Crippen LogP contribution >= 0.6 is 0 Å². The summed E-state index contributed by atoms with van der Waals surface area (Å²) in [6, 6.07) is 10.7. The Kier molecular flexibility index (Phi) is 4.67. The summed E-state index contributed by atoms with van der Waals surface area (Å²) in [4.78, 5) is 8.12. The summed E-state index contributed by atoms with van der Waals surface area (Å²) in [5, 5.41) is 1.44. The molecule has 1 aromatic rings. The van der Waals surface area contributed by atoms with Crippen molar-refractivity contribution in [1.82, 2.24) is 14.8 Å². The monoisotopic (exact) mass is 237 g/mol. The molecule has 0 aliphatic rings. The Hall–Kier alpha value is -0.683. The molecule has 0 fully saturated rings. The van der Waals surface area contributed by atoms with Gasteiger partial charge in [0.05, 0.1) is 0 Å². The maximum absolute atomic E-state index is 3.70. The molecule has 0 aromatic heterocycles. The van der Waals surface area contributed by atoms with Crippen LogP contribution in [0.1, 0.15) is 6.92 Å². The van der Waals surface area contributed by atoms with Crippen LogP contribution in [0.2, 0.25) is 0 Å². The van der Waals surface area contributed by atoms with Crippen molar-refractivity contribution >= 4 is 14.9 Å². The largest absolute Gasteiger partial charge is 0.309 e. The normalized spacial score (nSPS) is 13.2. The van der Waals surface area contributed by atoms with Crippen LogP contribution in [0.4, 0.5) is 0 Å². The zero-order chi connectivity index (χ0) is 12.2. The Labute approximate surface area is 101 Å². The molecule has 3 nitrogen and oxygen atoms in total. The van der Waals surface area contributed by atoms with Gasteiger partial charge in [-0.25, -0.2) is 0 Å². The minimum atomic E-state index is -0.434. The predicted octanol–water partition coefficient (Wildman–Crippen LogP) is -0.218. The smallest absolute Gasteiger partial charge is 0.127 e. The van der Waals surface area contributed by atoms with Gasteiger partial charge < -0.3 is 4.98 Å². The highest BCUT2D eigenvalue weighted by Crippen LogP contribution is 2.08. The number of rotatable bonds is 5. The standard InChI is InChI=1S/C12H23N3Si/c1-12(14(2)3,15(4)5)13-16-11-9-7-6-8-10-11/h6-10,13H,16H2,1-5H3. The molecular weight excluding hydrogens is 214 g/mol. The quantitative estimate of drug-likeness (QED) is 0.564. The highest BCUT2D eigenvalue weighted by molar-refractivity contribution is 6.50. The Balaban J connectivity index is 2.65. The summed E-state index contributed by atoms with van der Waals surface area (Å²) in [6.45, 7) is 2.21. The topological polar surface area (TPSA) is 18.5 Å². The second-order valence-corrected chi connectivity index (χ2v) is 6.17. The van der Waals surface area contributed by atoms with Gasteiger partial charge >= 0.3 is 0 Å². The molecule has 0 amide bonds. The molecule has 0 spiro atoms. The fourth-order valence-corrected chi connectivity index (χ4v) is 3.26. The first kappa shape index (κ1) is 13.4. The van der Waals surface area contributed by atoms with Crippen molar-refractivity contribution in [2.75, 3.05) is 28.2 Å². The molecule has 0 atom stereocenters. The van der Waals surface area contributed by atoms with Gasteiger partial charge in [-0.3, -0.25) is 9.80 Å². The van der Waals surface area contributed by atoms with Gasteiger partial charge in [0.2, 0.25) is 0 Å². The maximum atomic E-state index is 3.70. The molecule has 0 saturated carbocycles. The van der Waals surface area contributed by atoms with Gasteiger partial charge in [-0.2, -0.15) is 0 Å². The van der Waals surface area contributed by atoms with Crippen molar-refractivity contribution in [2.45, 2.75) is 12.7 Å². The summed E-state index contributed by atoms with van der Waals surface area (Å²) in [5.41, 5.74) is 0. The van der Waals surface area contributed by atoms with Crippen molar-refractivity contribution in [3.8, 4) is 0 Å². The lowest BCUT2D eigenvalue weighted by Crippen LogP contribution is -2.64. The minimum absolute atomic E-state index is 0.0674. The lowest BCUT2D eigenvalue weighted by Gasteiger charge is -2.43. The maximum Gasteiger partial charge on any atom is 0.127 e. The Bertz CT molecular complexity index is 303. The van der Waals surface area contributed by atoms with E-state index in [1.807, 2.05) is 0 Å². The van der Waals surface area contributed by atoms with E-state index in [4.69, 9.17) is 0 Å². The van der Waals surface area contributed by atoms with Crippen LogP contribution in [0, 0.1) is 0 Å². The Morgan fingerprint density at radius 1 is 1.00 bits per heavy atom. The second-order valence-electron chi connectivity index (χ2n) is 4.65.